The molecular formula is C17H20FN3O2. The number of carbonyl (C=O) groups is 1. The van der Waals surface area contributed by atoms with Crippen molar-refractivity contribution in [3.05, 3.63) is 40.7 Å². The van der Waals surface area contributed by atoms with Crippen LogP contribution in [0.15, 0.2) is 29.3 Å². The molecular weight excluding hydrogens is 297 g/mol. The quantitative estimate of drug-likeness (QED) is 0.944. The molecule has 2 unspecified atom stereocenters. The van der Waals surface area contributed by atoms with Crippen molar-refractivity contribution >= 4 is 16.8 Å². The molecule has 2 aromatic rings. The van der Waals surface area contributed by atoms with E-state index in [0.717, 1.165) is 19.3 Å². The topological polar surface area (TPSA) is 64.0 Å². The molecule has 5 nitrogen and oxygen atoms in total. The highest BCUT2D eigenvalue weighted by molar-refractivity contribution is 5.79. The Kier molecular flexibility index (Phi) is 4.41. The Morgan fingerprint density at radius 2 is 2.17 bits per heavy atom. The Morgan fingerprint density at radius 3 is 2.96 bits per heavy atom. The lowest BCUT2D eigenvalue weighted by Gasteiger charge is -2.29. The fourth-order valence-corrected chi connectivity index (χ4v) is 3.18. The third-order valence-electron chi connectivity index (χ3n) is 4.56. The van der Waals surface area contributed by atoms with Crippen LogP contribution in [0.25, 0.3) is 10.9 Å². The normalized spacial score (nSPS) is 21.3. The Labute approximate surface area is 133 Å². The summed E-state index contributed by atoms with van der Waals surface area (Å²) in [5.41, 5.74) is -0.0330. The van der Waals surface area contributed by atoms with Gasteiger partial charge < -0.3 is 5.32 Å². The Morgan fingerprint density at radius 1 is 1.39 bits per heavy atom. The van der Waals surface area contributed by atoms with Gasteiger partial charge in [-0.2, -0.15) is 0 Å². The molecule has 3 rings (SSSR count). The minimum atomic E-state index is -0.439. The van der Waals surface area contributed by atoms with Gasteiger partial charge in [-0.05, 0) is 30.9 Å². The first-order valence-electron chi connectivity index (χ1n) is 7.98. The van der Waals surface area contributed by atoms with E-state index in [1.807, 2.05) is 0 Å². The molecule has 0 aliphatic heterocycles. The summed E-state index contributed by atoms with van der Waals surface area (Å²) >= 11 is 0. The van der Waals surface area contributed by atoms with Crippen LogP contribution in [0.1, 0.15) is 32.6 Å². The van der Waals surface area contributed by atoms with Gasteiger partial charge in [0.2, 0.25) is 5.91 Å². The zero-order valence-corrected chi connectivity index (χ0v) is 13.1. The van der Waals surface area contributed by atoms with Crippen molar-refractivity contribution < 1.29 is 9.18 Å². The van der Waals surface area contributed by atoms with Crippen molar-refractivity contribution in [1.82, 2.24) is 14.9 Å². The summed E-state index contributed by atoms with van der Waals surface area (Å²) in [6.45, 7) is 2.07. The smallest absolute Gasteiger partial charge is 0.261 e. The summed E-state index contributed by atoms with van der Waals surface area (Å²) < 4.78 is 14.4. The van der Waals surface area contributed by atoms with Crippen LogP contribution in [-0.4, -0.2) is 21.5 Å². The van der Waals surface area contributed by atoms with Crippen LogP contribution < -0.4 is 10.9 Å². The predicted octanol–water partition coefficient (Wildman–Crippen LogP) is 2.23. The van der Waals surface area contributed by atoms with Gasteiger partial charge in [0, 0.05) is 12.1 Å². The first-order valence-corrected chi connectivity index (χ1v) is 7.98. The van der Waals surface area contributed by atoms with Crippen LogP contribution in [0.5, 0.6) is 0 Å². The average Bonchev–Trinajstić information content (AvgIpc) is 2.52. The van der Waals surface area contributed by atoms with Crippen LogP contribution in [0.2, 0.25) is 0 Å². The first-order chi connectivity index (χ1) is 11.0. The number of halogens is 1. The first kappa shape index (κ1) is 15.6. The van der Waals surface area contributed by atoms with E-state index in [-0.39, 0.29) is 24.1 Å². The molecule has 0 spiro atoms. The second-order valence-corrected chi connectivity index (χ2v) is 6.27. The molecule has 0 radical (unpaired) electrons. The van der Waals surface area contributed by atoms with E-state index in [1.165, 1.54) is 35.5 Å². The van der Waals surface area contributed by atoms with Gasteiger partial charge in [0.25, 0.3) is 5.56 Å². The summed E-state index contributed by atoms with van der Waals surface area (Å²) in [6, 6.07) is 4.01. The number of amides is 1. The Hall–Kier alpha value is -2.24. The Balaban J connectivity index is 1.76. The van der Waals surface area contributed by atoms with Crippen molar-refractivity contribution in [2.45, 2.75) is 45.2 Å². The number of fused-ring (bicyclic) bond motifs is 1. The van der Waals surface area contributed by atoms with Crippen molar-refractivity contribution in [1.29, 1.82) is 0 Å². The number of rotatable bonds is 3. The van der Waals surface area contributed by atoms with Crippen LogP contribution in [-0.2, 0) is 11.3 Å². The van der Waals surface area contributed by atoms with E-state index in [0.29, 0.717) is 16.8 Å². The number of carbonyl (C=O) groups excluding carboxylic acids is 1. The molecule has 0 saturated heterocycles. The lowest BCUT2D eigenvalue weighted by atomic mass is 9.86. The van der Waals surface area contributed by atoms with Gasteiger partial charge in [-0.3, -0.25) is 14.2 Å². The standard InChI is InChI=1S/C17H20FN3O2/c1-11-4-2-3-5-14(11)20-16(22)9-21-10-19-15-8-12(18)6-7-13(15)17(21)23/h6-8,10-11,14H,2-5,9H2,1H3,(H,20,22). The molecule has 1 aliphatic rings. The van der Waals surface area contributed by atoms with Crippen LogP contribution in [0, 0.1) is 11.7 Å². The van der Waals surface area contributed by atoms with Crippen molar-refractivity contribution in [3.8, 4) is 0 Å². The number of hydrogen-bond acceptors (Lipinski definition) is 3. The van der Waals surface area contributed by atoms with Crippen molar-refractivity contribution in [2.24, 2.45) is 5.92 Å². The number of nitrogens with one attached hydrogen (secondary N) is 1. The molecule has 6 heteroatoms. The highest BCUT2D eigenvalue weighted by Gasteiger charge is 2.23. The third-order valence-corrected chi connectivity index (χ3v) is 4.56. The average molecular weight is 317 g/mol. The van der Waals surface area contributed by atoms with E-state index in [1.54, 1.807) is 0 Å². The minimum Gasteiger partial charge on any atom is -0.352 e. The number of nitrogens with zero attached hydrogens (tertiary/aromatic N) is 2. The molecule has 1 fully saturated rings. The molecule has 1 amide bonds. The fraction of sp³-hybridized carbons (Fsp3) is 0.471. The zero-order valence-electron chi connectivity index (χ0n) is 13.1. The van der Waals surface area contributed by atoms with Gasteiger partial charge in [-0.25, -0.2) is 9.37 Å². The summed E-state index contributed by atoms with van der Waals surface area (Å²) in [5, 5.41) is 3.33. The van der Waals surface area contributed by atoms with Gasteiger partial charge in [-0.1, -0.05) is 19.8 Å². The minimum absolute atomic E-state index is 0.0671. The van der Waals surface area contributed by atoms with Crippen molar-refractivity contribution in [3.63, 3.8) is 0 Å². The highest BCUT2D eigenvalue weighted by atomic mass is 19.1. The largest absolute Gasteiger partial charge is 0.352 e. The van der Waals surface area contributed by atoms with Crippen LogP contribution in [0.4, 0.5) is 4.39 Å². The SMILES string of the molecule is CC1CCCCC1NC(=O)Cn1cnc2cc(F)ccc2c1=O. The van der Waals surface area contributed by atoms with E-state index >= 15 is 0 Å². The number of aromatic nitrogens is 2. The maximum atomic E-state index is 13.2. The zero-order chi connectivity index (χ0) is 16.4. The summed E-state index contributed by atoms with van der Waals surface area (Å²) in [6.07, 6.45) is 5.73. The molecule has 1 aromatic carbocycles. The van der Waals surface area contributed by atoms with Gasteiger partial charge in [0.05, 0.1) is 17.2 Å². The van der Waals surface area contributed by atoms with Gasteiger partial charge in [0.15, 0.2) is 0 Å². The maximum absolute atomic E-state index is 13.2. The lowest BCUT2D eigenvalue weighted by molar-refractivity contribution is -0.123. The summed E-state index contributed by atoms with van der Waals surface area (Å²) in [5.74, 6) is -0.164. The molecule has 23 heavy (non-hydrogen) atoms. The lowest BCUT2D eigenvalue weighted by Crippen LogP contribution is -2.43. The van der Waals surface area contributed by atoms with E-state index in [4.69, 9.17) is 0 Å². The molecule has 1 aromatic heterocycles. The molecule has 1 heterocycles. The van der Waals surface area contributed by atoms with Gasteiger partial charge >= 0.3 is 0 Å². The number of benzene rings is 1. The Bertz CT molecular complexity index is 787. The molecule has 1 aliphatic carbocycles. The van der Waals surface area contributed by atoms with E-state index in [9.17, 15) is 14.0 Å². The van der Waals surface area contributed by atoms with E-state index in [2.05, 4.69) is 17.2 Å². The van der Waals surface area contributed by atoms with Crippen molar-refractivity contribution in [2.75, 3.05) is 0 Å². The highest BCUT2D eigenvalue weighted by Crippen LogP contribution is 2.23. The van der Waals surface area contributed by atoms with Crippen LogP contribution in [0.3, 0.4) is 0 Å². The van der Waals surface area contributed by atoms with E-state index < -0.39 is 5.82 Å². The molecule has 1 N–H and O–H groups in total. The predicted molar refractivity (Wildman–Crippen MR) is 85.5 cm³/mol. The molecule has 2 atom stereocenters. The summed E-state index contributed by atoms with van der Waals surface area (Å²) in [4.78, 5) is 28.6. The molecule has 0 bridgehead atoms. The summed E-state index contributed by atoms with van der Waals surface area (Å²) in [7, 11) is 0. The molecule has 122 valence electrons. The third kappa shape index (κ3) is 3.41. The second kappa shape index (κ2) is 6.48. The second-order valence-electron chi connectivity index (χ2n) is 6.27. The maximum Gasteiger partial charge on any atom is 0.261 e. The van der Waals surface area contributed by atoms with Gasteiger partial charge in [0.1, 0.15) is 12.4 Å². The number of hydrogen-bond donors (Lipinski definition) is 1. The van der Waals surface area contributed by atoms with Crippen LogP contribution >= 0.6 is 0 Å². The monoisotopic (exact) mass is 317 g/mol. The fourth-order valence-electron chi connectivity index (χ4n) is 3.18. The van der Waals surface area contributed by atoms with Gasteiger partial charge in [-0.15, -0.1) is 0 Å². The molecule has 1 saturated carbocycles.